The van der Waals surface area contributed by atoms with Crippen molar-refractivity contribution >= 4 is 0 Å². The Balaban J connectivity index is 2.14. The molecule has 0 spiro atoms. The molecule has 108 valence electrons. The summed E-state index contributed by atoms with van der Waals surface area (Å²) in [5.74, 6) is 1.84. The van der Waals surface area contributed by atoms with E-state index in [1.165, 1.54) is 45.3 Å². The van der Waals surface area contributed by atoms with Crippen molar-refractivity contribution in [3.63, 3.8) is 0 Å². The van der Waals surface area contributed by atoms with E-state index in [9.17, 15) is 0 Å². The molecule has 1 atom stereocenters. The molecule has 0 bridgehead atoms. The SMILES string of the molecule is CC(C)NCCCC(C)N1CCC(C(C)C)CC1. The van der Waals surface area contributed by atoms with Gasteiger partial charge in [-0.2, -0.15) is 0 Å². The van der Waals surface area contributed by atoms with E-state index in [2.05, 4.69) is 44.8 Å². The van der Waals surface area contributed by atoms with Gasteiger partial charge in [0.05, 0.1) is 0 Å². The maximum Gasteiger partial charge on any atom is 0.00674 e. The summed E-state index contributed by atoms with van der Waals surface area (Å²) in [5, 5.41) is 3.51. The van der Waals surface area contributed by atoms with Gasteiger partial charge in [-0.15, -0.1) is 0 Å². The molecule has 1 fully saturated rings. The average Bonchev–Trinajstić information content (AvgIpc) is 2.34. The fourth-order valence-electron chi connectivity index (χ4n) is 3.00. The second-order valence-electron chi connectivity index (χ2n) is 6.72. The Morgan fingerprint density at radius 2 is 1.67 bits per heavy atom. The fourth-order valence-corrected chi connectivity index (χ4v) is 3.00. The van der Waals surface area contributed by atoms with E-state index in [1.54, 1.807) is 0 Å². The molecule has 1 aliphatic heterocycles. The van der Waals surface area contributed by atoms with Crippen molar-refractivity contribution in [3.8, 4) is 0 Å². The molecule has 1 saturated heterocycles. The quantitative estimate of drug-likeness (QED) is 0.699. The lowest BCUT2D eigenvalue weighted by Crippen LogP contribution is -2.41. The molecule has 0 aromatic rings. The largest absolute Gasteiger partial charge is 0.315 e. The van der Waals surface area contributed by atoms with Crippen molar-refractivity contribution in [3.05, 3.63) is 0 Å². The van der Waals surface area contributed by atoms with Crippen LogP contribution < -0.4 is 5.32 Å². The molecule has 0 aromatic heterocycles. The van der Waals surface area contributed by atoms with Crippen LogP contribution in [-0.4, -0.2) is 36.6 Å². The van der Waals surface area contributed by atoms with Gasteiger partial charge >= 0.3 is 0 Å². The van der Waals surface area contributed by atoms with Crippen molar-refractivity contribution in [2.24, 2.45) is 11.8 Å². The molecule has 2 heteroatoms. The summed E-state index contributed by atoms with van der Waals surface area (Å²) in [6.45, 7) is 15.4. The topological polar surface area (TPSA) is 15.3 Å². The molecule has 2 nitrogen and oxygen atoms in total. The number of nitrogens with zero attached hydrogens (tertiary/aromatic N) is 1. The van der Waals surface area contributed by atoms with Crippen molar-refractivity contribution in [2.75, 3.05) is 19.6 Å². The van der Waals surface area contributed by atoms with Crippen molar-refractivity contribution in [2.45, 2.75) is 72.4 Å². The highest BCUT2D eigenvalue weighted by Gasteiger charge is 2.23. The van der Waals surface area contributed by atoms with Crippen LogP contribution in [-0.2, 0) is 0 Å². The van der Waals surface area contributed by atoms with E-state index in [-0.39, 0.29) is 0 Å². The highest BCUT2D eigenvalue weighted by molar-refractivity contribution is 4.77. The zero-order chi connectivity index (χ0) is 13.5. The summed E-state index contributed by atoms with van der Waals surface area (Å²) >= 11 is 0. The zero-order valence-corrected chi connectivity index (χ0v) is 13.2. The molecule has 1 heterocycles. The number of hydrogen-bond acceptors (Lipinski definition) is 2. The van der Waals surface area contributed by atoms with Gasteiger partial charge in [0.15, 0.2) is 0 Å². The Hall–Kier alpha value is -0.0800. The van der Waals surface area contributed by atoms with Gasteiger partial charge < -0.3 is 10.2 Å². The average molecular weight is 254 g/mol. The van der Waals surface area contributed by atoms with Crippen LogP contribution in [0.1, 0.15) is 60.3 Å². The standard InChI is InChI=1S/C16H34N2/c1-13(2)16-8-11-18(12-9-16)15(5)7-6-10-17-14(3)4/h13-17H,6-12H2,1-5H3. The summed E-state index contributed by atoms with van der Waals surface area (Å²) in [4.78, 5) is 2.70. The van der Waals surface area contributed by atoms with E-state index < -0.39 is 0 Å². The molecule has 1 rings (SSSR count). The summed E-state index contributed by atoms with van der Waals surface area (Å²) < 4.78 is 0. The third-order valence-electron chi connectivity index (χ3n) is 4.49. The normalized spacial score (nSPS) is 20.8. The van der Waals surface area contributed by atoms with Crippen LogP contribution in [0.3, 0.4) is 0 Å². The van der Waals surface area contributed by atoms with Gasteiger partial charge in [0.1, 0.15) is 0 Å². The zero-order valence-electron chi connectivity index (χ0n) is 13.2. The van der Waals surface area contributed by atoms with Gasteiger partial charge in [-0.1, -0.05) is 27.7 Å². The molecule has 0 radical (unpaired) electrons. The van der Waals surface area contributed by atoms with Crippen molar-refractivity contribution < 1.29 is 0 Å². The predicted molar refractivity (Wildman–Crippen MR) is 81.0 cm³/mol. The Morgan fingerprint density at radius 1 is 1.06 bits per heavy atom. The molecule has 0 saturated carbocycles. The van der Waals surface area contributed by atoms with Gasteiger partial charge in [0.2, 0.25) is 0 Å². The molecule has 0 amide bonds. The summed E-state index contributed by atoms with van der Waals surface area (Å²) in [5.41, 5.74) is 0. The van der Waals surface area contributed by atoms with Gasteiger partial charge in [0.25, 0.3) is 0 Å². The van der Waals surface area contributed by atoms with Crippen molar-refractivity contribution in [1.29, 1.82) is 0 Å². The van der Waals surface area contributed by atoms with E-state index in [0.29, 0.717) is 6.04 Å². The molecular weight excluding hydrogens is 220 g/mol. The van der Waals surface area contributed by atoms with Gasteiger partial charge in [0, 0.05) is 12.1 Å². The van der Waals surface area contributed by atoms with Crippen LogP contribution in [0.4, 0.5) is 0 Å². The minimum Gasteiger partial charge on any atom is -0.315 e. The third kappa shape index (κ3) is 5.71. The Morgan fingerprint density at radius 3 is 2.17 bits per heavy atom. The summed E-state index contributed by atoms with van der Waals surface area (Å²) in [6, 6.07) is 1.40. The Labute approximate surface area is 115 Å². The van der Waals surface area contributed by atoms with E-state index in [4.69, 9.17) is 0 Å². The lowest BCUT2D eigenvalue weighted by atomic mass is 9.86. The lowest BCUT2D eigenvalue weighted by Gasteiger charge is -2.37. The minimum atomic E-state index is 0.627. The van der Waals surface area contributed by atoms with Gasteiger partial charge in [-0.25, -0.2) is 0 Å². The molecule has 1 aliphatic rings. The number of piperidine rings is 1. The van der Waals surface area contributed by atoms with Crippen LogP contribution in [0.25, 0.3) is 0 Å². The van der Waals surface area contributed by atoms with Crippen LogP contribution in [0.2, 0.25) is 0 Å². The number of nitrogens with one attached hydrogen (secondary N) is 1. The van der Waals surface area contributed by atoms with Crippen LogP contribution in [0.15, 0.2) is 0 Å². The molecule has 18 heavy (non-hydrogen) atoms. The second kappa shape index (κ2) is 8.16. The van der Waals surface area contributed by atoms with E-state index >= 15 is 0 Å². The first kappa shape index (κ1) is 16.0. The Bertz CT molecular complexity index is 205. The number of hydrogen-bond donors (Lipinski definition) is 1. The molecule has 1 unspecified atom stereocenters. The molecule has 0 aromatic carbocycles. The van der Waals surface area contributed by atoms with Crippen LogP contribution in [0.5, 0.6) is 0 Å². The van der Waals surface area contributed by atoms with Gasteiger partial charge in [-0.3, -0.25) is 0 Å². The maximum absolute atomic E-state index is 3.51. The molecule has 1 N–H and O–H groups in total. The highest BCUT2D eigenvalue weighted by Crippen LogP contribution is 2.26. The first-order chi connectivity index (χ1) is 8.50. The smallest absolute Gasteiger partial charge is 0.00674 e. The number of rotatable bonds is 7. The minimum absolute atomic E-state index is 0.627. The lowest BCUT2D eigenvalue weighted by molar-refractivity contribution is 0.116. The first-order valence-corrected chi connectivity index (χ1v) is 7.98. The summed E-state index contributed by atoms with van der Waals surface area (Å²) in [6.07, 6.45) is 5.47. The first-order valence-electron chi connectivity index (χ1n) is 7.98. The Kier molecular flexibility index (Phi) is 7.25. The molecule has 0 aliphatic carbocycles. The monoisotopic (exact) mass is 254 g/mol. The number of likely N-dealkylation sites (tertiary alicyclic amines) is 1. The van der Waals surface area contributed by atoms with E-state index in [1.807, 2.05) is 0 Å². The highest BCUT2D eigenvalue weighted by atomic mass is 15.2. The summed E-state index contributed by atoms with van der Waals surface area (Å²) in [7, 11) is 0. The fraction of sp³-hybridized carbons (Fsp3) is 1.00. The van der Waals surface area contributed by atoms with Crippen molar-refractivity contribution in [1.82, 2.24) is 10.2 Å². The predicted octanol–water partition coefficient (Wildman–Crippen LogP) is 3.52. The second-order valence-corrected chi connectivity index (χ2v) is 6.72. The van der Waals surface area contributed by atoms with E-state index in [0.717, 1.165) is 17.9 Å². The maximum atomic E-state index is 3.51. The van der Waals surface area contributed by atoms with Gasteiger partial charge in [-0.05, 0) is 64.1 Å². The third-order valence-corrected chi connectivity index (χ3v) is 4.49. The molecular formula is C16H34N2. The van der Waals surface area contributed by atoms with Crippen LogP contribution in [0, 0.1) is 11.8 Å². The van der Waals surface area contributed by atoms with Crippen LogP contribution >= 0.6 is 0 Å².